The number of ether oxygens (including phenoxy) is 4. The monoisotopic (exact) mass is 247 g/mol. The van der Waals surface area contributed by atoms with E-state index >= 15 is 0 Å². The van der Waals surface area contributed by atoms with Crippen LogP contribution < -0.4 is 5.32 Å². The number of esters is 1. The second-order valence-corrected chi connectivity index (χ2v) is 3.81. The summed E-state index contributed by atoms with van der Waals surface area (Å²) < 4.78 is 20.4. The molecule has 1 saturated heterocycles. The van der Waals surface area contributed by atoms with Crippen molar-refractivity contribution >= 4 is 5.97 Å². The first-order chi connectivity index (χ1) is 8.29. The van der Waals surface area contributed by atoms with E-state index in [0.717, 1.165) is 0 Å². The van der Waals surface area contributed by atoms with Crippen LogP contribution in [0.5, 0.6) is 0 Å². The van der Waals surface area contributed by atoms with Gasteiger partial charge in [0.2, 0.25) is 0 Å². The van der Waals surface area contributed by atoms with E-state index in [0.29, 0.717) is 33.0 Å². The molecule has 1 fully saturated rings. The molecule has 6 heteroatoms. The number of carbonyl (C=O) groups excluding carboxylic acids is 1. The van der Waals surface area contributed by atoms with Gasteiger partial charge in [-0.1, -0.05) is 0 Å². The Morgan fingerprint density at radius 2 is 2.06 bits per heavy atom. The van der Waals surface area contributed by atoms with Gasteiger partial charge in [0.15, 0.2) is 0 Å². The zero-order valence-corrected chi connectivity index (χ0v) is 10.4. The van der Waals surface area contributed by atoms with Crippen molar-refractivity contribution in [1.29, 1.82) is 0 Å². The molecule has 0 bridgehead atoms. The Bertz CT molecular complexity index is 224. The van der Waals surface area contributed by atoms with Gasteiger partial charge in [-0.15, -0.1) is 0 Å². The van der Waals surface area contributed by atoms with E-state index in [4.69, 9.17) is 18.9 Å². The summed E-state index contributed by atoms with van der Waals surface area (Å²) in [7, 11) is 3.43. The van der Waals surface area contributed by atoms with Crippen LogP contribution in [0, 0.1) is 5.92 Å². The quantitative estimate of drug-likeness (QED) is 0.457. The third kappa shape index (κ3) is 4.99. The van der Waals surface area contributed by atoms with Crippen LogP contribution in [0.2, 0.25) is 0 Å². The van der Waals surface area contributed by atoms with Crippen molar-refractivity contribution in [3.8, 4) is 0 Å². The molecule has 0 aliphatic carbocycles. The normalized spacial score (nSPS) is 23.9. The van der Waals surface area contributed by atoms with Crippen molar-refractivity contribution < 1.29 is 23.7 Å². The Kier molecular flexibility index (Phi) is 7.11. The standard InChI is InChI=1S/C11H21NO5/c1-12-10-8-16-7-9(10)11(13)17-6-5-15-4-3-14-2/h9-10,12H,3-8H2,1-2H3. The average Bonchev–Trinajstić information content (AvgIpc) is 2.81. The first-order valence-electron chi connectivity index (χ1n) is 5.78. The zero-order chi connectivity index (χ0) is 12.5. The highest BCUT2D eigenvalue weighted by atomic mass is 16.6. The van der Waals surface area contributed by atoms with Gasteiger partial charge < -0.3 is 24.3 Å². The molecule has 2 atom stereocenters. The van der Waals surface area contributed by atoms with E-state index in [2.05, 4.69) is 5.32 Å². The number of carbonyl (C=O) groups is 1. The highest BCUT2D eigenvalue weighted by Gasteiger charge is 2.34. The predicted octanol–water partition coefficient (Wildman–Crippen LogP) is -0.573. The van der Waals surface area contributed by atoms with Gasteiger partial charge in [-0.3, -0.25) is 4.79 Å². The Morgan fingerprint density at radius 1 is 1.29 bits per heavy atom. The van der Waals surface area contributed by atoms with Gasteiger partial charge in [0.05, 0.1) is 39.0 Å². The Labute approximate surface area is 102 Å². The van der Waals surface area contributed by atoms with E-state index in [9.17, 15) is 4.79 Å². The van der Waals surface area contributed by atoms with Gasteiger partial charge in [-0.25, -0.2) is 0 Å². The highest BCUT2D eigenvalue weighted by molar-refractivity contribution is 5.73. The van der Waals surface area contributed by atoms with Gasteiger partial charge >= 0.3 is 5.97 Å². The van der Waals surface area contributed by atoms with Gasteiger partial charge in [0, 0.05) is 13.2 Å². The van der Waals surface area contributed by atoms with Crippen LogP contribution in [-0.2, 0) is 23.7 Å². The smallest absolute Gasteiger partial charge is 0.313 e. The minimum absolute atomic E-state index is 0.0527. The Morgan fingerprint density at radius 3 is 2.76 bits per heavy atom. The van der Waals surface area contributed by atoms with Gasteiger partial charge in [0.25, 0.3) is 0 Å². The molecular weight excluding hydrogens is 226 g/mol. The summed E-state index contributed by atoms with van der Waals surface area (Å²) in [5.74, 6) is -0.434. The van der Waals surface area contributed by atoms with Crippen LogP contribution in [0.4, 0.5) is 0 Å². The summed E-state index contributed by atoms with van der Waals surface area (Å²) in [4.78, 5) is 11.7. The topological polar surface area (TPSA) is 66.0 Å². The number of hydrogen-bond donors (Lipinski definition) is 1. The summed E-state index contributed by atoms with van der Waals surface area (Å²) in [6.07, 6.45) is 0. The van der Waals surface area contributed by atoms with Crippen molar-refractivity contribution in [2.45, 2.75) is 6.04 Å². The predicted molar refractivity (Wildman–Crippen MR) is 60.8 cm³/mol. The summed E-state index contributed by atoms with van der Waals surface area (Å²) in [6, 6.07) is 0.0527. The lowest BCUT2D eigenvalue weighted by atomic mass is 10.0. The van der Waals surface area contributed by atoms with Crippen LogP contribution in [-0.4, -0.2) is 65.8 Å². The fourth-order valence-corrected chi connectivity index (χ4v) is 1.62. The molecule has 1 aliphatic rings. The van der Waals surface area contributed by atoms with Crippen molar-refractivity contribution in [2.75, 3.05) is 53.8 Å². The molecule has 0 amide bonds. The number of rotatable bonds is 8. The van der Waals surface area contributed by atoms with Crippen LogP contribution in [0.15, 0.2) is 0 Å². The summed E-state index contributed by atoms with van der Waals surface area (Å²) >= 11 is 0. The first-order valence-corrected chi connectivity index (χ1v) is 5.78. The molecule has 1 rings (SSSR count). The second-order valence-electron chi connectivity index (χ2n) is 3.81. The number of nitrogens with one attached hydrogen (secondary N) is 1. The molecule has 0 radical (unpaired) electrons. The van der Waals surface area contributed by atoms with Crippen molar-refractivity contribution in [1.82, 2.24) is 5.32 Å². The molecule has 0 spiro atoms. The molecule has 6 nitrogen and oxygen atoms in total. The van der Waals surface area contributed by atoms with Gasteiger partial charge in [-0.05, 0) is 7.05 Å². The second kappa shape index (κ2) is 8.41. The van der Waals surface area contributed by atoms with Gasteiger partial charge in [-0.2, -0.15) is 0 Å². The van der Waals surface area contributed by atoms with Crippen molar-refractivity contribution in [2.24, 2.45) is 5.92 Å². The summed E-state index contributed by atoms with van der Waals surface area (Å²) in [6.45, 7) is 2.71. The SMILES string of the molecule is CNC1COCC1C(=O)OCCOCCOC. The maximum Gasteiger partial charge on any atom is 0.313 e. The largest absolute Gasteiger partial charge is 0.463 e. The molecular formula is C11H21NO5. The third-order valence-corrected chi connectivity index (χ3v) is 2.66. The lowest BCUT2D eigenvalue weighted by Crippen LogP contribution is -2.38. The molecule has 2 unspecified atom stereocenters. The molecule has 1 N–H and O–H groups in total. The molecule has 0 aromatic rings. The first kappa shape index (κ1) is 14.4. The minimum atomic E-state index is -0.225. The average molecular weight is 247 g/mol. The fraction of sp³-hybridized carbons (Fsp3) is 0.909. The molecule has 1 aliphatic heterocycles. The fourth-order valence-electron chi connectivity index (χ4n) is 1.62. The molecule has 0 aromatic heterocycles. The molecule has 0 saturated carbocycles. The third-order valence-electron chi connectivity index (χ3n) is 2.66. The van der Waals surface area contributed by atoms with Crippen molar-refractivity contribution in [3.63, 3.8) is 0 Å². The maximum absolute atomic E-state index is 11.7. The number of hydrogen-bond acceptors (Lipinski definition) is 6. The Hall–Kier alpha value is -0.690. The van der Waals surface area contributed by atoms with E-state index in [1.54, 1.807) is 7.11 Å². The van der Waals surface area contributed by atoms with E-state index in [1.807, 2.05) is 7.05 Å². The summed E-state index contributed by atoms with van der Waals surface area (Å²) in [5, 5.41) is 3.04. The highest BCUT2D eigenvalue weighted by Crippen LogP contribution is 2.14. The lowest BCUT2D eigenvalue weighted by Gasteiger charge is -2.15. The van der Waals surface area contributed by atoms with Crippen LogP contribution in [0.25, 0.3) is 0 Å². The molecule has 17 heavy (non-hydrogen) atoms. The van der Waals surface area contributed by atoms with Crippen LogP contribution in [0.1, 0.15) is 0 Å². The maximum atomic E-state index is 11.7. The van der Waals surface area contributed by atoms with E-state index in [1.165, 1.54) is 0 Å². The van der Waals surface area contributed by atoms with Gasteiger partial charge in [0.1, 0.15) is 6.61 Å². The number of likely N-dealkylation sites (N-methyl/N-ethyl adjacent to an activating group) is 1. The molecule has 1 heterocycles. The lowest BCUT2D eigenvalue weighted by molar-refractivity contribution is -0.150. The van der Waals surface area contributed by atoms with Crippen molar-refractivity contribution in [3.05, 3.63) is 0 Å². The Balaban J connectivity index is 2.08. The molecule has 100 valence electrons. The zero-order valence-electron chi connectivity index (χ0n) is 10.4. The van der Waals surface area contributed by atoms with E-state index < -0.39 is 0 Å². The van der Waals surface area contributed by atoms with Crippen LogP contribution in [0.3, 0.4) is 0 Å². The minimum Gasteiger partial charge on any atom is -0.463 e. The van der Waals surface area contributed by atoms with E-state index in [-0.39, 0.29) is 24.5 Å². The molecule has 0 aromatic carbocycles. The number of methoxy groups -OCH3 is 1. The van der Waals surface area contributed by atoms with Crippen LogP contribution >= 0.6 is 0 Å². The summed E-state index contributed by atoms with van der Waals surface area (Å²) in [5.41, 5.74) is 0.